The molecule has 0 saturated carbocycles. The molecular weight excluding hydrogens is 250 g/mol. The number of carboxylic acids is 1. The van der Waals surface area contributed by atoms with Gasteiger partial charge in [0.05, 0.1) is 19.9 Å². The van der Waals surface area contributed by atoms with Crippen molar-refractivity contribution in [3.63, 3.8) is 0 Å². The first kappa shape index (κ1) is 14.8. The van der Waals surface area contributed by atoms with E-state index < -0.39 is 17.8 Å². The van der Waals surface area contributed by atoms with Crippen LogP contribution in [0.1, 0.15) is 12.5 Å². The highest BCUT2D eigenvalue weighted by Crippen LogP contribution is 2.33. The van der Waals surface area contributed by atoms with E-state index >= 15 is 0 Å². The number of carbonyl (C=O) groups excluding carboxylic acids is 1. The zero-order valence-electron chi connectivity index (χ0n) is 11.3. The van der Waals surface area contributed by atoms with Crippen LogP contribution < -0.4 is 14.8 Å². The number of hydrogen-bond donors (Lipinski definition) is 2. The van der Waals surface area contributed by atoms with Gasteiger partial charge in [-0.25, -0.2) is 0 Å². The van der Waals surface area contributed by atoms with Crippen molar-refractivity contribution in [3.8, 4) is 11.5 Å². The van der Waals surface area contributed by atoms with Gasteiger partial charge in [-0.15, -0.1) is 0 Å². The molecule has 0 heterocycles. The molecule has 1 rings (SSSR count). The van der Waals surface area contributed by atoms with Gasteiger partial charge in [0.1, 0.15) is 17.4 Å². The Hall–Kier alpha value is -2.24. The van der Waals surface area contributed by atoms with Crippen LogP contribution in [0.15, 0.2) is 12.1 Å². The van der Waals surface area contributed by atoms with E-state index in [0.717, 1.165) is 5.56 Å². The van der Waals surface area contributed by atoms with Crippen LogP contribution in [0.3, 0.4) is 0 Å². The maximum Gasteiger partial charge on any atom is 0.315 e. The van der Waals surface area contributed by atoms with E-state index in [1.54, 1.807) is 19.1 Å². The number of amides is 1. The molecule has 0 spiro atoms. The van der Waals surface area contributed by atoms with E-state index in [4.69, 9.17) is 14.6 Å². The maximum absolute atomic E-state index is 11.7. The van der Waals surface area contributed by atoms with Gasteiger partial charge in [0.25, 0.3) is 0 Å². The minimum atomic E-state index is -1.18. The molecule has 0 bridgehead atoms. The van der Waals surface area contributed by atoms with Crippen LogP contribution in [0.4, 0.5) is 5.69 Å². The number of rotatable bonds is 5. The first-order valence-corrected chi connectivity index (χ1v) is 5.67. The Morgan fingerprint density at radius 3 is 2.37 bits per heavy atom. The Kier molecular flexibility index (Phi) is 4.74. The van der Waals surface area contributed by atoms with Gasteiger partial charge in [0.15, 0.2) is 0 Å². The summed E-state index contributed by atoms with van der Waals surface area (Å²) in [6.45, 7) is 3.09. The standard InChI is InChI=1S/C13H17NO5/c1-7-5-9(18-3)6-10(19-4)11(7)14-12(15)8(2)13(16)17/h5-6,8H,1-4H3,(H,14,15)(H,16,17). The first-order valence-electron chi connectivity index (χ1n) is 5.67. The molecular formula is C13H17NO5. The van der Waals surface area contributed by atoms with Crippen molar-refractivity contribution in [1.29, 1.82) is 0 Å². The second-order valence-electron chi connectivity index (χ2n) is 4.07. The third kappa shape index (κ3) is 3.37. The molecule has 1 aromatic rings. The lowest BCUT2D eigenvalue weighted by Gasteiger charge is -2.15. The summed E-state index contributed by atoms with van der Waals surface area (Å²) in [5.74, 6) is -1.89. The van der Waals surface area contributed by atoms with E-state index in [1.165, 1.54) is 21.1 Å². The number of benzene rings is 1. The summed E-state index contributed by atoms with van der Waals surface area (Å²) in [5.41, 5.74) is 1.17. The summed E-state index contributed by atoms with van der Waals surface area (Å²) < 4.78 is 10.3. The maximum atomic E-state index is 11.7. The molecule has 0 radical (unpaired) electrons. The highest BCUT2D eigenvalue weighted by atomic mass is 16.5. The SMILES string of the molecule is COc1cc(C)c(NC(=O)C(C)C(=O)O)c(OC)c1. The summed E-state index contributed by atoms with van der Waals surface area (Å²) in [7, 11) is 2.99. The number of aliphatic carboxylic acids is 1. The van der Waals surface area contributed by atoms with Crippen LogP contribution in [0.2, 0.25) is 0 Å². The molecule has 104 valence electrons. The van der Waals surface area contributed by atoms with Crippen molar-refractivity contribution in [3.05, 3.63) is 17.7 Å². The zero-order valence-corrected chi connectivity index (χ0v) is 11.3. The molecule has 1 unspecified atom stereocenters. The smallest absolute Gasteiger partial charge is 0.315 e. The molecule has 0 aromatic heterocycles. The second-order valence-corrected chi connectivity index (χ2v) is 4.07. The normalized spacial score (nSPS) is 11.6. The van der Waals surface area contributed by atoms with Gasteiger partial charge in [-0.05, 0) is 25.5 Å². The number of aryl methyl sites for hydroxylation is 1. The third-order valence-corrected chi connectivity index (χ3v) is 2.74. The van der Waals surface area contributed by atoms with Gasteiger partial charge >= 0.3 is 5.97 Å². The third-order valence-electron chi connectivity index (χ3n) is 2.74. The van der Waals surface area contributed by atoms with Crippen LogP contribution in [-0.2, 0) is 9.59 Å². The van der Waals surface area contributed by atoms with E-state index in [-0.39, 0.29) is 0 Å². The number of methoxy groups -OCH3 is 2. The van der Waals surface area contributed by atoms with Crippen molar-refractivity contribution in [2.75, 3.05) is 19.5 Å². The van der Waals surface area contributed by atoms with Crippen LogP contribution in [0.5, 0.6) is 11.5 Å². The van der Waals surface area contributed by atoms with E-state index in [1.807, 2.05) is 0 Å². The van der Waals surface area contributed by atoms with Crippen molar-refractivity contribution < 1.29 is 24.2 Å². The minimum absolute atomic E-state index is 0.419. The Morgan fingerprint density at radius 1 is 1.26 bits per heavy atom. The lowest BCUT2D eigenvalue weighted by atomic mass is 10.1. The number of hydrogen-bond acceptors (Lipinski definition) is 4. The molecule has 1 aromatic carbocycles. The summed E-state index contributed by atoms with van der Waals surface area (Å²) >= 11 is 0. The van der Waals surface area contributed by atoms with Crippen molar-refractivity contribution >= 4 is 17.6 Å². The molecule has 6 heteroatoms. The highest BCUT2D eigenvalue weighted by molar-refractivity contribution is 6.04. The van der Waals surface area contributed by atoms with E-state index in [9.17, 15) is 9.59 Å². The molecule has 0 saturated heterocycles. The number of nitrogens with one attached hydrogen (secondary N) is 1. The number of carbonyl (C=O) groups is 2. The average molecular weight is 267 g/mol. The quantitative estimate of drug-likeness (QED) is 0.793. The highest BCUT2D eigenvalue weighted by Gasteiger charge is 2.22. The lowest BCUT2D eigenvalue weighted by molar-refractivity contribution is -0.144. The lowest BCUT2D eigenvalue weighted by Crippen LogP contribution is -2.27. The van der Waals surface area contributed by atoms with Gasteiger partial charge in [-0.3, -0.25) is 9.59 Å². The predicted octanol–water partition coefficient (Wildman–Crippen LogP) is 1.67. The van der Waals surface area contributed by atoms with E-state index in [2.05, 4.69) is 5.32 Å². The van der Waals surface area contributed by atoms with Gasteiger partial charge in [0.2, 0.25) is 5.91 Å². The van der Waals surface area contributed by atoms with Crippen LogP contribution in [0.25, 0.3) is 0 Å². The average Bonchev–Trinajstić information content (AvgIpc) is 2.39. The summed E-state index contributed by atoms with van der Waals surface area (Å²) in [5, 5.41) is 11.4. The molecule has 1 atom stereocenters. The molecule has 0 aliphatic carbocycles. The minimum Gasteiger partial charge on any atom is -0.497 e. The number of anilines is 1. The molecule has 0 aliphatic rings. The summed E-state index contributed by atoms with van der Waals surface area (Å²) in [6, 6.07) is 3.34. The van der Waals surface area contributed by atoms with Crippen LogP contribution in [0, 0.1) is 12.8 Å². The molecule has 0 aliphatic heterocycles. The Morgan fingerprint density at radius 2 is 1.89 bits per heavy atom. The van der Waals surface area contributed by atoms with Gasteiger partial charge < -0.3 is 19.9 Å². The summed E-state index contributed by atoms with van der Waals surface area (Å²) in [4.78, 5) is 22.5. The van der Waals surface area contributed by atoms with Crippen molar-refractivity contribution in [1.82, 2.24) is 0 Å². The predicted molar refractivity (Wildman–Crippen MR) is 69.7 cm³/mol. The van der Waals surface area contributed by atoms with Crippen molar-refractivity contribution in [2.24, 2.45) is 5.92 Å². The van der Waals surface area contributed by atoms with Gasteiger partial charge in [-0.1, -0.05) is 0 Å². The number of ether oxygens (including phenoxy) is 2. The molecule has 2 N–H and O–H groups in total. The molecule has 0 fully saturated rings. The molecule has 19 heavy (non-hydrogen) atoms. The largest absolute Gasteiger partial charge is 0.497 e. The fraction of sp³-hybridized carbons (Fsp3) is 0.385. The van der Waals surface area contributed by atoms with E-state index in [0.29, 0.717) is 17.2 Å². The topological polar surface area (TPSA) is 84.9 Å². The van der Waals surface area contributed by atoms with Crippen molar-refractivity contribution in [2.45, 2.75) is 13.8 Å². The Labute approximate surface area is 111 Å². The summed E-state index contributed by atoms with van der Waals surface area (Å²) in [6.07, 6.45) is 0. The monoisotopic (exact) mass is 267 g/mol. The zero-order chi connectivity index (χ0) is 14.6. The fourth-order valence-corrected chi connectivity index (χ4v) is 1.51. The van der Waals surface area contributed by atoms with Crippen LogP contribution in [-0.4, -0.2) is 31.2 Å². The Bertz CT molecular complexity index is 498. The van der Waals surface area contributed by atoms with Gasteiger partial charge in [0, 0.05) is 6.07 Å². The Balaban J connectivity index is 3.07. The molecule has 6 nitrogen and oxygen atoms in total. The number of carboxylic acid groups (broad SMARTS) is 1. The fourth-order valence-electron chi connectivity index (χ4n) is 1.51. The molecule has 1 amide bonds. The second kappa shape index (κ2) is 6.08. The van der Waals surface area contributed by atoms with Gasteiger partial charge in [-0.2, -0.15) is 0 Å². The first-order chi connectivity index (χ1) is 8.90. The van der Waals surface area contributed by atoms with Crippen LogP contribution >= 0.6 is 0 Å².